The molecule has 0 saturated carbocycles. The molecule has 0 saturated heterocycles. The van der Waals surface area contributed by atoms with Gasteiger partial charge in [0, 0.05) is 13.1 Å². The topological polar surface area (TPSA) is 68.5 Å². The van der Waals surface area contributed by atoms with Gasteiger partial charge in [-0.15, -0.1) is 15.3 Å². The van der Waals surface area contributed by atoms with Gasteiger partial charge in [-0.1, -0.05) is 12.1 Å². The first-order valence-corrected chi connectivity index (χ1v) is 5.81. The summed E-state index contributed by atoms with van der Waals surface area (Å²) < 4.78 is 1.84. The Morgan fingerprint density at radius 3 is 2.76 bits per heavy atom. The molecule has 0 atom stereocenters. The number of aryl methyl sites for hydroxylation is 1. The van der Waals surface area contributed by atoms with Crippen LogP contribution in [0.1, 0.15) is 20.3 Å². The van der Waals surface area contributed by atoms with Gasteiger partial charge in [0.25, 0.3) is 0 Å². The Morgan fingerprint density at radius 2 is 2.12 bits per heavy atom. The maximum Gasteiger partial charge on any atom is 0.148 e. The Balaban J connectivity index is 2.23. The van der Waals surface area contributed by atoms with E-state index in [-0.39, 0.29) is 0 Å². The molecule has 0 bridgehead atoms. The molecule has 2 aromatic heterocycles. The van der Waals surface area contributed by atoms with Crippen molar-refractivity contribution in [3.05, 3.63) is 18.3 Å². The second kappa shape index (κ2) is 5.38. The van der Waals surface area contributed by atoms with E-state index in [1.807, 2.05) is 23.7 Å². The van der Waals surface area contributed by atoms with Gasteiger partial charge in [0.1, 0.15) is 17.2 Å². The summed E-state index contributed by atoms with van der Waals surface area (Å²) in [6.45, 7) is 5.80. The lowest BCUT2D eigenvalue weighted by molar-refractivity contribution is 0.583. The van der Waals surface area contributed by atoms with Crippen LogP contribution in [0.2, 0.25) is 0 Å². The number of hydrogen-bond acceptors (Lipinski definition) is 5. The number of nitrogens with zero attached hydrogens (tertiary/aromatic N) is 5. The Bertz CT molecular complexity index is 461. The van der Waals surface area contributed by atoms with Crippen LogP contribution in [0.5, 0.6) is 0 Å². The van der Waals surface area contributed by atoms with Crippen molar-refractivity contribution in [2.45, 2.75) is 26.8 Å². The van der Waals surface area contributed by atoms with Gasteiger partial charge in [-0.25, -0.2) is 4.68 Å². The lowest BCUT2D eigenvalue weighted by atomic mass is 10.3. The molecule has 0 radical (unpaired) electrons. The van der Waals surface area contributed by atoms with Gasteiger partial charge < -0.3 is 5.32 Å². The van der Waals surface area contributed by atoms with Gasteiger partial charge in [0.15, 0.2) is 0 Å². The van der Waals surface area contributed by atoms with E-state index in [1.54, 1.807) is 6.20 Å². The minimum absolute atomic E-state index is 0.783. The molecule has 6 nitrogen and oxygen atoms in total. The summed E-state index contributed by atoms with van der Waals surface area (Å²) in [6, 6.07) is 3.84. The van der Waals surface area contributed by atoms with Crippen molar-refractivity contribution in [2.75, 3.05) is 11.9 Å². The number of hydrogen-bond donors (Lipinski definition) is 1. The Kier molecular flexibility index (Phi) is 3.64. The molecule has 0 spiro atoms. The van der Waals surface area contributed by atoms with Gasteiger partial charge in [0.05, 0.1) is 6.20 Å². The first kappa shape index (κ1) is 11.5. The zero-order chi connectivity index (χ0) is 12.1. The molecule has 90 valence electrons. The number of rotatable bonds is 5. The third-order valence-corrected chi connectivity index (χ3v) is 2.34. The highest BCUT2D eigenvalue weighted by atomic mass is 15.4. The van der Waals surface area contributed by atoms with Gasteiger partial charge in [-0.05, 0) is 25.5 Å². The standard InChI is InChI=1S/C11H16N6/c1-3-7-17-10(8-13-16-17)9-5-6-11(12-4-2)15-14-9/h5-6,8H,3-4,7H2,1-2H3,(H,12,15). The van der Waals surface area contributed by atoms with Crippen LogP contribution >= 0.6 is 0 Å². The van der Waals surface area contributed by atoms with Crippen LogP contribution < -0.4 is 5.32 Å². The lowest BCUT2D eigenvalue weighted by Crippen LogP contribution is -2.04. The summed E-state index contributed by atoms with van der Waals surface area (Å²) in [5.74, 6) is 0.783. The molecular weight excluding hydrogens is 216 g/mol. The SMILES string of the molecule is CCCn1nncc1-c1ccc(NCC)nn1. The van der Waals surface area contributed by atoms with Gasteiger partial charge >= 0.3 is 0 Å². The maximum atomic E-state index is 4.17. The molecule has 0 aliphatic carbocycles. The summed E-state index contributed by atoms with van der Waals surface area (Å²) in [5, 5.41) is 19.3. The number of aromatic nitrogens is 5. The minimum atomic E-state index is 0.783. The summed E-state index contributed by atoms with van der Waals surface area (Å²) in [6.07, 6.45) is 2.73. The van der Waals surface area contributed by atoms with Gasteiger partial charge in [-0.2, -0.15) is 0 Å². The fourth-order valence-electron chi connectivity index (χ4n) is 1.58. The van der Waals surface area contributed by atoms with Crippen LogP contribution in [-0.4, -0.2) is 31.7 Å². The molecule has 2 aromatic rings. The maximum absolute atomic E-state index is 4.17. The quantitative estimate of drug-likeness (QED) is 0.847. The normalized spacial score (nSPS) is 10.5. The Morgan fingerprint density at radius 1 is 1.24 bits per heavy atom. The average Bonchev–Trinajstić information content (AvgIpc) is 2.79. The van der Waals surface area contributed by atoms with Crippen LogP contribution in [0.4, 0.5) is 5.82 Å². The van der Waals surface area contributed by atoms with E-state index in [0.29, 0.717) is 0 Å². The van der Waals surface area contributed by atoms with Crippen LogP contribution in [0.25, 0.3) is 11.4 Å². The van der Waals surface area contributed by atoms with Crippen molar-refractivity contribution in [2.24, 2.45) is 0 Å². The predicted molar refractivity (Wildman–Crippen MR) is 65.5 cm³/mol. The molecule has 1 N–H and O–H groups in total. The zero-order valence-corrected chi connectivity index (χ0v) is 10.1. The molecule has 0 fully saturated rings. The summed E-state index contributed by atoms with van der Waals surface area (Å²) in [5.41, 5.74) is 1.70. The molecular formula is C11H16N6. The highest BCUT2D eigenvalue weighted by molar-refractivity contribution is 5.53. The van der Waals surface area contributed by atoms with Crippen LogP contribution in [0, 0.1) is 0 Å². The third kappa shape index (κ3) is 2.58. The molecule has 2 heterocycles. The van der Waals surface area contributed by atoms with Crippen LogP contribution in [0.15, 0.2) is 18.3 Å². The molecule has 0 aromatic carbocycles. The van der Waals surface area contributed by atoms with Crippen molar-refractivity contribution in [1.82, 2.24) is 25.2 Å². The van der Waals surface area contributed by atoms with E-state index < -0.39 is 0 Å². The minimum Gasteiger partial charge on any atom is -0.369 e. The second-order valence-corrected chi connectivity index (χ2v) is 3.68. The van der Waals surface area contributed by atoms with Crippen LogP contribution in [0.3, 0.4) is 0 Å². The van der Waals surface area contributed by atoms with E-state index in [1.165, 1.54) is 0 Å². The van der Waals surface area contributed by atoms with Gasteiger partial charge in [0.2, 0.25) is 0 Å². The fraction of sp³-hybridized carbons (Fsp3) is 0.455. The first-order chi connectivity index (χ1) is 8.35. The molecule has 0 aliphatic heterocycles. The van der Waals surface area contributed by atoms with Crippen molar-refractivity contribution in [3.8, 4) is 11.4 Å². The zero-order valence-electron chi connectivity index (χ0n) is 10.1. The Labute approximate surface area is 100 Å². The van der Waals surface area contributed by atoms with Gasteiger partial charge in [-0.3, -0.25) is 0 Å². The third-order valence-electron chi connectivity index (χ3n) is 2.34. The second-order valence-electron chi connectivity index (χ2n) is 3.68. The van der Waals surface area contributed by atoms with E-state index in [9.17, 15) is 0 Å². The lowest BCUT2D eigenvalue weighted by Gasteiger charge is -2.04. The van der Waals surface area contributed by atoms with E-state index >= 15 is 0 Å². The van der Waals surface area contributed by atoms with E-state index in [4.69, 9.17) is 0 Å². The van der Waals surface area contributed by atoms with Crippen molar-refractivity contribution < 1.29 is 0 Å². The first-order valence-electron chi connectivity index (χ1n) is 5.81. The smallest absolute Gasteiger partial charge is 0.148 e. The van der Waals surface area contributed by atoms with E-state index in [2.05, 4.69) is 32.7 Å². The molecule has 2 rings (SSSR count). The van der Waals surface area contributed by atoms with Crippen molar-refractivity contribution in [1.29, 1.82) is 0 Å². The summed E-state index contributed by atoms with van der Waals surface area (Å²) >= 11 is 0. The van der Waals surface area contributed by atoms with Crippen molar-refractivity contribution >= 4 is 5.82 Å². The number of anilines is 1. The van der Waals surface area contributed by atoms with Crippen LogP contribution in [-0.2, 0) is 6.54 Å². The fourth-order valence-corrected chi connectivity index (χ4v) is 1.58. The molecule has 17 heavy (non-hydrogen) atoms. The number of nitrogens with one attached hydrogen (secondary N) is 1. The predicted octanol–water partition coefficient (Wildman–Crippen LogP) is 1.58. The highest BCUT2D eigenvalue weighted by Gasteiger charge is 2.07. The average molecular weight is 232 g/mol. The summed E-state index contributed by atoms with van der Waals surface area (Å²) in [7, 11) is 0. The molecule has 6 heteroatoms. The highest BCUT2D eigenvalue weighted by Crippen LogP contribution is 2.15. The Hall–Kier alpha value is -1.98. The van der Waals surface area contributed by atoms with Crippen molar-refractivity contribution in [3.63, 3.8) is 0 Å². The van der Waals surface area contributed by atoms with E-state index in [0.717, 1.165) is 36.7 Å². The molecule has 0 aliphatic rings. The summed E-state index contributed by atoms with van der Waals surface area (Å²) in [4.78, 5) is 0. The largest absolute Gasteiger partial charge is 0.369 e. The molecule has 0 amide bonds. The monoisotopic (exact) mass is 232 g/mol. The molecule has 0 unspecified atom stereocenters.